The van der Waals surface area contributed by atoms with Gasteiger partial charge in [0.25, 0.3) is 0 Å². The van der Waals surface area contributed by atoms with Crippen LogP contribution in [0.2, 0.25) is 0 Å². The number of tetrazole rings is 1. The first kappa shape index (κ1) is 19.0. The fourth-order valence-corrected chi connectivity index (χ4v) is 3.26. The summed E-state index contributed by atoms with van der Waals surface area (Å²) in [6, 6.07) is 8.04. The lowest BCUT2D eigenvalue weighted by molar-refractivity contribution is 0.445. The number of nitrogens with one attached hydrogen (secondary N) is 1. The maximum absolute atomic E-state index is 5.87. The molecule has 0 radical (unpaired) electrons. The van der Waals surface area contributed by atoms with Crippen LogP contribution in [0.15, 0.2) is 29.4 Å². The van der Waals surface area contributed by atoms with Crippen molar-refractivity contribution in [3.05, 3.63) is 35.7 Å². The topological polar surface area (TPSA) is 120 Å². The molecule has 9 nitrogen and oxygen atoms in total. The highest BCUT2D eigenvalue weighted by Crippen LogP contribution is 2.22. The molecule has 0 bridgehead atoms. The number of nitrogens with zero attached hydrogens (tertiary/aromatic N) is 7. The number of aromatic nitrogens is 7. The molecule has 0 aliphatic heterocycles. The number of hydrogen-bond acceptors (Lipinski definition) is 9. The van der Waals surface area contributed by atoms with Crippen molar-refractivity contribution in [3.63, 3.8) is 0 Å². The Morgan fingerprint density at radius 2 is 2.00 bits per heavy atom. The zero-order valence-corrected chi connectivity index (χ0v) is 16.4. The fraction of sp³-hybridized carbons (Fsp3) is 0.412. The van der Waals surface area contributed by atoms with E-state index in [9.17, 15) is 0 Å². The highest BCUT2D eigenvalue weighted by atomic mass is 32.2. The van der Waals surface area contributed by atoms with Gasteiger partial charge in [-0.2, -0.15) is 15.0 Å². The predicted molar refractivity (Wildman–Crippen MR) is 106 cm³/mol. The first-order valence-corrected chi connectivity index (χ1v) is 9.78. The molecule has 0 saturated carbocycles. The van der Waals surface area contributed by atoms with Gasteiger partial charge in [-0.15, -0.1) is 5.10 Å². The van der Waals surface area contributed by atoms with Crippen molar-refractivity contribution in [2.24, 2.45) is 5.92 Å². The van der Waals surface area contributed by atoms with Gasteiger partial charge < -0.3 is 11.1 Å². The van der Waals surface area contributed by atoms with Crippen LogP contribution in [0.1, 0.15) is 32.2 Å². The average Bonchev–Trinajstić information content (AvgIpc) is 3.06. The minimum absolute atomic E-state index is 0.179. The predicted octanol–water partition coefficient (Wildman–Crippen LogP) is 2.69. The smallest absolute Gasteiger partial charge is 0.232 e. The number of para-hydroxylation sites is 1. The summed E-state index contributed by atoms with van der Waals surface area (Å²) in [6.45, 7) is 7.10. The van der Waals surface area contributed by atoms with E-state index < -0.39 is 0 Å². The molecule has 0 spiro atoms. The third kappa shape index (κ3) is 5.13. The second-order valence-electron chi connectivity index (χ2n) is 6.40. The highest BCUT2D eigenvalue weighted by molar-refractivity contribution is 7.98. The first-order valence-electron chi connectivity index (χ1n) is 8.79. The van der Waals surface area contributed by atoms with Gasteiger partial charge in [0, 0.05) is 12.2 Å². The van der Waals surface area contributed by atoms with Gasteiger partial charge in [0.15, 0.2) is 0 Å². The van der Waals surface area contributed by atoms with Crippen molar-refractivity contribution in [3.8, 4) is 0 Å². The number of nitrogen functional groups attached to an aromatic ring is 1. The average molecular weight is 386 g/mol. The summed E-state index contributed by atoms with van der Waals surface area (Å²) < 4.78 is 1.79. The summed E-state index contributed by atoms with van der Waals surface area (Å²) in [6.07, 6.45) is 0.908. The molecule has 0 aliphatic rings. The van der Waals surface area contributed by atoms with Gasteiger partial charge >= 0.3 is 0 Å². The van der Waals surface area contributed by atoms with E-state index in [1.165, 1.54) is 17.3 Å². The second-order valence-corrected chi connectivity index (χ2v) is 7.34. The summed E-state index contributed by atoms with van der Waals surface area (Å²) >= 11 is 1.47. The Hall–Kier alpha value is -2.75. The molecule has 10 heteroatoms. The van der Waals surface area contributed by atoms with Gasteiger partial charge in [0.05, 0.1) is 5.75 Å². The Bertz CT molecular complexity index is 894. The Balaban J connectivity index is 1.73. The van der Waals surface area contributed by atoms with Crippen molar-refractivity contribution in [2.75, 3.05) is 11.1 Å². The van der Waals surface area contributed by atoms with Crippen LogP contribution in [0.4, 0.5) is 17.6 Å². The van der Waals surface area contributed by atoms with Gasteiger partial charge in [-0.25, -0.2) is 4.68 Å². The molecule has 2 aromatic heterocycles. The monoisotopic (exact) mass is 385 g/mol. The third-order valence-corrected chi connectivity index (χ3v) is 4.66. The van der Waals surface area contributed by atoms with Gasteiger partial charge in [-0.1, -0.05) is 50.7 Å². The standard InChI is InChI=1S/C17H23N9S/c1-4-12-7-5-6-8-13(12)19-16-21-14(20-15(18)22-16)10-27-17-23-24-25-26(17)9-11(2)3/h5-8,11H,4,9-10H2,1-3H3,(H3,18,19,20,21,22). The molecule has 3 N–H and O–H groups in total. The van der Waals surface area contributed by atoms with Crippen molar-refractivity contribution in [1.82, 2.24) is 35.2 Å². The minimum Gasteiger partial charge on any atom is -0.368 e. The van der Waals surface area contributed by atoms with Gasteiger partial charge in [0.1, 0.15) is 5.82 Å². The van der Waals surface area contributed by atoms with Crippen molar-refractivity contribution in [2.45, 2.75) is 44.6 Å². The molecule has 3 aromatic rings. The van der Waals surface area contributed by atoms with Crippen molar-refractivity contribution >= 4 is 29.3 Å². The Labute approximate surface area is 162 Å². The van der Waals surface area contributed by atoms with Gasteiger partial charge in [0.2, 0.25) is 17.1 Å². The van der Waals surface area contributed by atoms with E-state index in [0.29, 0.717) is 23.4 Å². The lowest BCUT2D eigenvalue weighted by atomic mass is 10.1. The molecular weight excluding hydrogens is 362 g/mol. The Morgan fingerprint density at radius 1 is 1.19 bits per heavy atom. The van der Waals surface area contributed by atoms with Crippen LogP contribution in [0.25, 0.3) is 0 Å². The lowest BCUT2D eigenvalue weighted by Crippen LogP contribution is -2.09. The summed E-state index contributed by atoms with van der Waals surface area (Å²) in [5.74, 6) is 2.13. The first-order chi connectivity index (χ1) is 13.0. The Morgan fingerprint density at radius 3 is 2.78 bits per heavy atom. The van der Waals surface area contributed by atoms with E-state index in [1.54, 1.807) is 4.68 Å². The number of rotatable bonds is 8. The summed E-state index contributed by atoms with van der Waals surface area (Å²) in [5.41, 5.74) is 8.02. The van der Waals surface area contributed by atoms with Crippen LogP contribution < -0.4 is 11.1 Å². The molecule has 1 aromatic carbocycles. The zero-order chi connectivity index (χ0) is 19.2. The number of thioether (sulfide) groups is 1. The van der Waals surface area contributed by atoms with Crippen LogP contribution >= 0.6 is 11.8 Å². The second kappa shape index (κ2) is 8.76. The minimum atomic E-state index is 0.179. The highest BCUT2D eigenvalue weighted by Gasteiger charge is 2.12. The molecule has 2 heterocycles. The summed E-state index contributed by atoms with van der Waals surface area (Å²) in [7, 11) is 0. The van der Waals surface area contributed by atoms with Crippen LogP contribution in [0.3, 0.4) is 0 Å². The molecule has 3 rings (SSSR count). The summed E-state index contributed by atoms with van der Waals surface area (Å²) in [4.78, 5) is 12.9. The number of aryl methyl sites for hydroxylation is 1. The van der Waals surface area contributed by atoms with E-state index in [1.807, 2.05) is 18.2 Å². The molecule has 0 unspecified atom stereocenters. The third-order valence-electron chi connectivity index (χ3n) is 3.71. The van der Waals surface area contributed by atoms with Gasteiger partial charge in [-0.05, 0) is 34.4 Å². The van der Waals surface area contributed by atoms with Crippen LogP contribution in [-0.2, 0) is 18.7 Å². The normalized spacial score (nSPS) is 11.1. The molecule has 0 atom stereocenters. The van der Waals surface area contributed by atoms with E-state index in [2.05, 4.69) is 62.6 Å². The quantitative estimate of drug-likeness (QED) is 0.564. The van der Waals surface area contributed by atoms with Crippen LogP contribution in [-0.4, -0.2) is 35.2 Å². The maximum atomic E-state index is 5.87. The van der Waals surface area contributed by atoms with Crippen molar-refractivity contribution in [1.29, 1.82) is 0 Å². The van der Waals surface area contributed by atoms with E-state index in [-0.39, 0.29) is 5.95 Å². The molecule has 0 aliphatic carbocycles. The molecule has 0 saturated heterocycles. The molecule has 142 valence electrons. The number of nitrogens with two attached hydrogens (primary N) is 1. The number of benzene rings is 1. The fourth-order valence-electron chi connectivity index (χ4n) is 2.52. The largest absolute Gasteiger partial charge is 0.368 e. The number of anilines is 3. The molecular formula is C17H23N9S. The molecule has 0 amide bonds. The Kier molecular flexibility index (Phi) is 6.17. The summed E-state index contributed by atoms with van der Waals surface area (Å²) in [5, 5.41) is 15.8. The maximum Gasteiger partial charge on any atom is 0.232 e. The van der Waals surface area contributed by atoms with Crippen molar-refractivity contribution < 1.29 is 0 Å². The lowest BCUT2D eigenvalue weighted by Gasteiger charge is -2.10. The van der Waals surface area contributed by atoms with E-state index in [0.717, 1.165) is 23.8 Å². The SMILES string of the molecule is CCc1ccccc1Nc1nc(N)nc(CSc2nnnn2CC(C)C)n1. The van der Waals surface area contributed by atoms with Crippen LogP contribution in [0, 0.1) is 5.92 Å². The number of hydrogen-bond donors (Lipinski definition) is 2. The van der Waals surface area contributed by atoms with Gasteiger partial charge in [-0.3, -0.25) is 0 Å². The zero-order valence-electron chi connectivity index (χ0n) is 15.6. The molecule has 0 fully saturated rings. The van der Waals surface area contributed by atoms with E-state index >= 15 is 0 Å². The van der Waals surface area contributed by atoms with E-state index in [4.69, 9.17) is 5.73 Å². The van der Waals surface area contributed by atoms with Crippen LogP contribution in [0.5, 0.6) is 0 Å². The molecule has 27 heavy (non-hydrogen) atoms.